The van der Waals surface area contributed by atoms with Gasteiger partial charge in [0.25, 0.3) is 0 Å². The molecule has 1 heterocycles. The van der Waals surface area contributed by atoms with Crippen LogP contribution in [0.2, 0.25) is 0 Å². The van der Waals surface area contributed by atoms with Gasteiger partial charge >= 0.3 is 0 Å². The monoisotopic (exact) mass is 282 g/mol. The minimum absolute atomic E-state index is 0.745. The molecule has 2 N–H and O–H groups in total. The van der Waals surface area contributed by atoms with Gasteiger partial charge in [0.1, 0.15) is 0 Å². The van der Waals surface area contributed by atoms with Crippen molar-refractivity contribution in [1.82, 2.24) is 9.97 Å². The molecule has 0 radical (unpaired) electrons. The number of hydrogen-bond acceptors (Lipinski definition) is 3. The second kappa shape index (κ2) is 5.51. The van der Waals surface area contributed by atoms with E-state index in [1.807, 2.05) is 24.3 Å². The zero-order valence-electron chi connectivity index (χ0n) is 12.3. The van der Waals surface area contributed by atoms with Crippen molar-refractivity contribution < 1.29 is 0 Å². The summed E-state index contributed by atoms with van der Waals surface area (Å²) in [7, 11) is 0. The molecule has 0 saturated heterocycles. The van der Waals surface area contributed by atoms with Crippen molar-refractivity contribution in [2.24, 2.45) is 16.9 Å². The summed E-state index contributed by atoms with van der Waals surface area (Å²) in [5, 5.41) is 4.61. The first-order valence-electron chi connectivity index (χ1n) is 8.15. The predicted octanol–water partition coefficient (Wildman–Crippen LogP) is 4.32. The SMILES string of the molecule is c1ccc2[nH]c(N/N=C3/CC[C@H]4CCCC[C@@H]4C3)nc2c1. The molecule has 4 heteroatoms. The first-order chi connectivity index (χ1) is 10.4. The highest BCUT2D eigenvalue weighted by atomic mass is 15.4. The Balaban J connectivity index is 1.45. The lowest BCUT2D eigenvalue weighted by molar-refractivity contribution is 0.218. The number of anilines is 1. The van der Waals surface area contributed by atoms with Crippen LogP contribution in [0.15, 0.2) is 29.4 Å². The van der Waals surface area contributed by atoms with E-state index in [1.54, 1.807) is 0 Å². The first-order valence-corrected chi connectivity index (χ1v) is 8.15. The zero-order chi connectivity index (χ0) is 14.1. The molecule has 2 fully saturated rings. The van der Waals surface area contributed by atoms with E-state index in [0.29, 0.717) is 0 Å². The topological polar surface area (TPSA) is 53.1 Å². The third-order valence-corrected chi connectivity index (χ3v) is 5.08. The van der Waals surface area contributed by atoms with Crippen molar-refractivity contribution in [1.29, 1.82) is 0 Å². The van der Waals surface area contributed by atoms with Gasteiger partial charge in [0.05, 0.1) is 11.0 Å². The van der Waals surface area contributed by atoms with Crippen LogP contribution in [0.1, 0.15) is 44.9 Å². The predicted molar refractivity (Wildman–Crippen MR) is 86.5 cm³/mol. The smallest absolute Gasteiger partial charge is 0.222 e. The Bertz CT molecular complexity index is 625. The van der Waals surface area contributed by atoms with Crippen molar-refractivity contribution in [3.63, 3.8) is 0 Å². The molecule has 110 valence electrons. The minimum atomic E-state index is 0.745. The lowest BCUT2D eigenvalue weighted by atomic mass is 9.70. The molecular formula is C17H22N4. The van der Waals surface area contributed by atoms with Crippen LogP contribution in [0.4, 0.5) is 5.95 Å². The van der Waals surface area contributed by atoms with E-state index in [4.69, 9.17) is 0 Å². The lowest BCUT2D eigenvalue weighted by Gasteiger charge is -2.35. The summed E-state index contributed by atoms with van der Waals surface area (Å²) in [6.45, 7) is 0. The average molecular weight is 282 g/mol. The molecule has 4 nitrogen and oxygen atoms in total. The highest BCUT2D eigenvalue weighted by Gasteiger charge is 2.30. The summed E-state index contributed by atoms with van der Waals surface area (Å²) in [6.07, 6.45) is 9.33. The van der Waals surface area contributed by atoms with Crippen LogP contribution in [0.3, 0.4) is 0 Å². The normalized spacial score (nSPS) is 27.7. The molecular weight excluding hydrogens is 260 g/mol. The number of imidazole rings is 1. The average Bonchev–Trinajstić information content (AvgIpc) is 2.95. The highest BCUT2D eigenvalue weighted by molar-refractivity contribution is 5.86. The van der Waals surface area contributed by atoms with Crippen LogP contribution < -0.4 is 5.43 Å². The summed E-state index contributed by atoms with van der Waals surface area (Å²) < 4.78 is 0. The largest absolute Gasteiger partial charge is 0.323 e. The number of fused-ring (bicyclic) bond motifs is 2. The summed E-state index contributed by atoms with van der Waals surface area (Å²) in [5.41, 5.74) is 6.47. The Kier molecular flexibility index (Phi) is 3.37. The molecule has 0 aliphatic heterocycles. The van der Waals surface area contributed by atoms with Crippen LogP contribution in [-0.2, 0) is 0 Å². The summed E-state index contributed by atoms with van der Waals surface area (Å²) in [6, 6.07) is 8.06. The van der Waals surface area contributed by atoms with Crippen LogP contribution in [-0.4, -0.2) is 15.7 Å². The molecule has 2 aliphatic carbocycles. The minimum Gasteiger partial charge on any atom is -0.323 e. The fourth-order valence-corrected chi connectivity index (χ4v) is 3.93. The fraction of sp³-hybridized carbons (Fsp3) is 0.529. The van der Waals surface area contributed by atoms with Gasteiger partial charge < -0.3 is 4.98 Å². The van der Waals surface area contributed by atoms with Crippen molar-refractivity contribution in [2.75, 3.05) is 5.43 Å². The number of aromatic amines is 1. The standard InChI is InChI=1S/C17H22N4/c1-2-6-13-11-14(10-9-12(13)5-1)20-21-17-18-15-7-3-4-8-16(15)19-17/h3-4,7-8,12-13H,1-2,5-6,9-11H2,(H2,18,19,21)/b20-14-/t12-,13-/m1/s1. The Morgan fingerprint density at radius 1 is 1.10 bits per heavy atom. The fourth-order valence-electron chi connectivity index (χ4n) is 3.93. The van der Waals surface area contributed by atoms with Gasteiger partial charge in [-0.15, -0.1) is 0 Å². The summed E-state index contributed by atoms with van der Waals surface area (Å²) >= 11 is 0. The van der Waals surface area contributed by atoms with E-state index in [1.165, 1.54) is 44.2 Å². The molecule has 0 unspecified atom stereocenters. The molecule has 2 aliphatic rings. The van der Waals surface area contributed by atoms with Gasteiger partial charge in [0, 0.05) is 5.71 Å². The molecule has 4 rings (SSSR count). The second-order valence-electron chi connectivity index (χ2n) is 6.44. The molecule has 0 bridgehead atoms. The van der Waals surface area contributed by atoms with Crippen LogP contribution in [0.25, 0.3) is 11.0 Å². The van der Waals surface area contributed by atoms with Crippen molar-refractivity contribution >= 4 is 22.7 Å². The lowest BCUT2D eigenvalue weighted by Crippen LogP contribution is -2.28. The van der Waals surface area contributed by atoms with E-state index >= 15 is 0 Å². The van der Waals surface area contributed by atoms with E-state index in [0.717, 1.165) is 35.2 Å². The number of para-hydroxylation sites is 2. The van der Waals surface area contributed by atoms with Gasteiger partial charge in [-0.25, -0.2) is 10.4 Å². The number of benzene rings is 1. The van der Waals surface area contributed by atoms with Crippen LogP contribution >= 0.6 is 0 Å². The highest BCUT2D eigenvalue weighted by Crippen LogP contribution is 2.39. The molecule has 0 amide bonds. The molecule has 0 spiro atoms. The van der Waals surface area contributed by atoms with Crippen molar-refractivity contribution in [3.05, 3.63) is 24.3 Å². The van der Waals surface area contributed by atoms with Crippen molar-refractivity contribution in [2.45, 2.75) is 44.9 Å². The van der Waals surface area contributed by atoms with E-state index in [-0.39, 0.29) is 0 Å². The number of hydrogen-bond donors (Lipinski definition) is 2. The molecule has 2 aromatic rings. The maximum absolute atomic E-state index is 4.61. The number of nitrogens with zero attached hydrogens (tertiary/aromatic N) is 2. The Morgan fingerprint density at radius 2 is 1.95 bits per heavy atom. The molecule has 2 atom stereocenters. The van der Waals surface area contributed by atoms with Crippen LogP contribution in [0, 0.1) is 11.8 Å². The molecule has 1 aromatic carbocycles. The number of nitrogens with one attached hydrogen (secondary N) is 2. The van der Waals surface area contributed by atoms with E-state index in [9.17, 15) is 0 Å². The van der Waals surface area contributed by atoms with E-state index < -0.39 is 0 Å². The number of hydrazone groups is 1. The third-order valence-electron chi connectivity index (χ3n) is 5.08. The number of H-pyrrole nitrogens is 1. The second-order valence-corrected chi connectivity index (χ2v) is 6.44. The van der Waals surface area contributed by atoms with Gasteiger partial charge in [-0.05, 0) is 49.7 Å². The summed E-state index contributed by atoms with van der Waals surface area (Å²) in [5.74, 6) is 2.59. The number of aromatic nitrogens is 2. The maximum atomic E-state index is 4.61. The summed E-state index contributed by atoms with van der Waals surface area (Å²) in [4.78, 5) is 7.77. The Hall–Kier alpha value is -1.84. The first kappa shape index (κ1) is 12.9. The van der Waals surface area contributed by atoms with Gasteiger partial charge in [0.15, 0.2) is 0 Å². The third kappa shape index (κ3) is 2.67. The van der Waals surface area contributed by atoms with Crippen LogP contribution in [0.5, 0.6) is 0 Å². The van der Waals surface area contributed by atoms with Gasteiger partial charge in [-0.1, -0.05) is 31.4 Å². The van der Waals surface area contributed by atoms with Crippen molar-refractivity contribution in [3.8, 4) is 0 Å². The van der Waals surface area contributed by atoms with Gasteiger partial charge in [-0.2, -0.15) is 5.10 Å². The molecule has 1 aromatic heterocycles. The van der Waals surface area contributed by atoms with Gasteiger partial charge in [-0.3, -0.25) is 0 Å². The maximum Gasteiger partial charge on any atom is 0.222 e. The quantitative estimate of drug-likeness (QED) is 0.806. The molecule has 2 saturated carbocycles. The number of rotatable bonds is 2. The molecule has 21 heavy (non-hydrogen) atoms. The Morgan fingerprint density at radius 3 is 2.86 bits per heavy atom. The zero-order valence-corrected chi connectivity index (χ0v) is 12.3. The van der Waals surface area contributed by atoms with Gasteiger partial charge in [0.2, 0.25) is 5.95 Å². The van der Waals surface area contributed by atoms with E-state index in [2.05, 4.69) is 20.5 Å². The Labute approximate surface area is 125 Å².